The summed E-state index contributed by atoms with van der Waals surface area (Å²) in [5.41, 5.74) is 6.12. The second-order valence-electron chi connectivity index (χ2n) is 8.54. The summed E-state index contributed by atoms with van der Waals surface area (Å²) in [6.45, 7) is 2.47. The fraction of sp³-hybridized carbons (Fsp3) is 0.259. The monoisotopic (exact) mass is 425 g/mol. The normalized spacial score (nSPS) is 17.3. The molecule has 3 aromatic carbocycles. The molecule has 5 rings (SSSR count). The quantitative estimate of drug-likeness (QED) is 0.691. The highest BCUT2D eigenvalue weighted by atomic mass is 16.2. The van der Waals surface area contributed by atoms with E-state index in [1.807, 2.05) is 46.2 Å². The minimum Gasteiger partial charge on any atom is -0.336 e. The lowest BCUT2D eigenvalue weighted by molar-refractivity contribution is -0.131. The second kappa shape index (κ2) is 8.87. The molecule has 0 spiro atoms. The molecule has 0 saturated heterocycles. The third-order valence-corrected chi connectivity index (χ3v) is 6.56. The molecule has 5 nitrogen and oxygen atoms in total. The van der Waals surface area contributed by atoms with Gasteiger partial charge in [-0.05, 0) is 34.2 Å². The molecule has 32 heavy (non-hydrogen) atoms. The molecule has 162 valence electrons. The Labute approximate surface area is 188 Å². The number of amides is 3. The van der Waals surface area contributed by atoms with E-state index in [1.54, 1.807) is 0 Å². The van der Waals surface area contributed by atoms with Gasteiger partial charge in [-0.3, -0.25) is 4.79 Å². The van der Waals surface area contributed by atoms with Gasteiger partial charge in [-0.15, -0.1) is 0 Å². The number of urea groups is 1. The molecule has 1 unspecified atom stereocenters. The first-order valence-corrected chi connectivity index (χ1v) is 11.2. The third kappa shape index (κ3) is 4.11. The van der Waals surface area contributed by atoms with E-state index < -0.39 is 0 Å². The Hall–Kier alpha value is -3.60. The summed E-state index contributed by atoms with van der Waals surface area (Å²) in [5.74, 6) is 0.0890. The number of benzene rings is 3. The van der Waals surface area contributed by atoms with Gasteiger partial charge in [0.2, 0.25) is 5.91 Å². The number of hydrogen-bond acceptors (Lipinski definition) is 2. The molecule has 2 aliphatic rings. The maximum absolute atomic E-state index is 13.0. The smallest absolute Gasteiger partial charge is 0.318 e. The number of carbonyl (C=O) groups is 2. The zero-order valence-electron chi connectivity index (χ0n) is 18.0. The van der Waals surface area contributed by atoms with Crippen LogP contribution >= 0.6 is 0 Å². The van der Waals surface area contributed by atoms with Crippen LogP contribution in [0.3, 0.4) is 0 Å². The second-order valence-corrected chi connectivity index (χ2v) is 8.54. The first-order valence-electron chi connectivity index (χ1n) is 11.2. The topological polar surface area (TPSA) is 52.7 Å². The molecule has 2 aliphatic heterocycles. The molecular weight excluding hydrogens is 398 g/mol. The average molecular weight is 426 g/mol. The van der Waals surface area contributed by atoms with E-state index in [-0.39, 0.29) is 24.4 Å². The van der Waals surface area contributed by atoms with Crippen LogP contribution in [-0.2, 0) is 24.3 Å². The third-order valence-electron chi connectivity index (χ3n) is 6.56. The van der Waals surface area contributed by atoms with Gasteiger partial charge in [-0.25, -0.2) is 4.79 Å². The summed E-state index contributed by atoms with van der Waals surface area (Å²) < 4.78 is 0. The summed E-state index contributed by atoms with van der Waals surface area (Å²) in [6, 6.07) is 26.7. The van der Waals surface area contributed by atoms with Crippen molar-refractivity contribution in [3.63, 3.8) is 0 Å². The Bertz CT molecular complexity index is 1130. The van der Waals surface area contributed by atoms with Gasteiger partial charge in [0, 0.05) is 32.1 Å². The standard InChI is InChI=1S/C27H27N3O2/c31-26(29-15-14-20-8-4-5-11-22(20)17-29)16-28-27(32)30-18-23-12-6-7-13-24(23)25(19-30)21-9-2-1-3-10-21/h1-13,25H,14-19H2,(H,28,32). The molecular formula is C27H27N3O2. The molecule has 0 aliphatic carbocycles. The van der Waals surface area contributed by atoms with Gasteiger partial charge in [0.1, 0.15) is 0 Å². The average Bonchev–Trinajstić information content (AvgIpc) is 2.86. The van der Waals surface area contributed by atoms with Gasteiger partial charge in [-0.1, -0.05) is 78.9 Å². The molecule has 1 atom stereocenters. The van der Waals surface area contributed by atoms with E-state index in [0.29, 0.717) is 26.2 Å². The molecule has 2 heterocycles. The van der Waals surface area contributed by atoms with Crippen molar-refractivity contribution in [3.8, 4) is 0 Å². The number of nitrogens with zero attached hydrogens (tertiary/aromatic N) is 2. The van der Waals surface area contributed by atoms with Crippen molar-refractivity contribution in [1.29, 1.82) is 0 Å². The lowest BCUT2D eigenvalue weighted by Crippen LogP contribution is -2.48. The zero-order valence-corrected chi connectivity index (χ0v) is 18.0. The van der Waals surface area contributed by atoms with Crippen LogP contribution in [0, 0.1) is 0 Å². The van der Waals surface area contributed by atoms with Gasteiger partial charge < -0.3 is 15.1 Å². The molecule has 0 fully saturated rings. The van der Waals surface area contributed by atoms with Crippen LogP contribution in [0.15, 0.2) is 78.9 Å². The number of nitrogens with one attached hydrogen (secondary N) is 1. The summed E-state index contributed by atoms with van der Waals surface area (Å²) in [7, 11) is 0. The van der Waals surface area contributed by atoms with Crippen molar-refractivity contribution in [1.82, 2.24) is 15.1 Å². The van der Waals surface area contributed by atoms with E-state index in [9.17, 15) is 9.59 Å². The highest BCUT2D eigenvalue weighted by Gasteiger charge is 2.29. The highest BCUT2D eigenvalue weighted by Crippen LogP contribution is 2.33. The molecule has 0 radical (unpaired) electrons. The van der Waals surface area contributed by atoms with E-state index in [0.717, 1.165) is 12.0 Å². The Morgan fingerprint density at radius 3 is 2.25 bits per heavy atom. The van der Waals surface area contributed by atoms with E-state index >= 15 is 0 Å². The Kier molecular flexibility index (Phi) is 5.63. The molecule has 0 bridgehead atoms. The fourth-order valence-corrected chi connectivity index (χ4v) is 4.82. The van der Waals surface area contributed by atoms with Gasteiger partial charge in [0.15, 0.2) is 0 Å². The summed E-state index contributed by atoms with van der Waals surface area (Å²) in [5, 5.41) is 2.87. The summed E-state index contributed by atoms with van der Waals surface area (Å²) >= 11 is 0. The Balaban J connectivity index is 1.24. The zero-order chi connectivity index (χ0) is 21.9. The predicted octanol–water partition coefficient (Wildman–Crippen LogP) is 3.93. The molecule has 5 heteroatoms. The van der Waals surface area contributed by atoms with Crippen molar-refractivity contribution >= 4 is 11.9 Å². The van der Waals surface area contributed by atoms with E-state index in [1.165, 1.54) is 22.3 Å². The lowest BCUT2D eigenvalue weighted by Gasteiger charge is -2.35. The number of carbonyl (C=O) groups excluding carboxylic acids is 2. The number of hydrogen-bond donors (Lipinski definition) is 1. The van der Waals surface area contributed by atoms with Gasteiger partial charge in [0.25, 0.3) is 0 Å². The van der Waals surface area contributed by atoms with Gasteiger partial charge >= 0.3 is 6.03 Å². The molecule has 3 amide bonds. The molecule has 0 aromatic heterocycles. The van der Waals surface area contributed by atoms with Crippen LogP contribution in [0.4, 0.5) is 4.79 Å². The summed E-state index contributed by atoms with van der Waals surface area (Å²) in [4.78, 5) is 29.4. The van der Waals surface area contributed by atoms with Crippen LogP contribution in [0.5, 0.6) is 0 Å². The highest BCUT2D eigenvalue weighted by molar-refractivity contribution is 5.84. The number of fused-ring (bicyclic) bond motifs is 2. The minimum atomic E-state index is -0.189. The first kappa shape index (κ1) is 20.3. The van der Waals surface area contributed by atoms with E-state index in [2.05, 4.69) is 47.8 Å². The van der Waals surface area contributed by atoms with Crippen molar-refractivity contribution in [2.45, 2.75) is 25.4 Å². The van der Waals surface area contributed by atoms with Crippen LogP contribution in [-0.4, -0.2) is 41.4 Å². The van der Waals surface area contributed by atoms with Crippen molar-refractivity contribution in [2.24, 2.45) is 0 Å². The van der Waals surface area contributed by atoms with Gasteiger partial charge in [-0.2, -0.15) is 0 Å². The molecule has 3 aromatic rings. The van der Waals surface area contributed by atoms with Crippen molar-refractivity contribution in [2.75, 3.05) is 19.6 Å². The van der Waals surface area contributed by atoms with Crippen molar-refractivity contribution in [3.05, 3.63) is 107 Å². The molecule has 0 saturated carbocycles. The number of rotatable bonds is 3. The summed E-state index contributed by atoms with van der Waals surface area (Å²) in [6.07, 6.45) is 0.859. The molecule has 1 N–H and O–H groups in total. The minimum absolute atomic E-state index is 0.0230. The Morgan fingerprint density at radius 2 is 1.44 bits per heavy atom. The van der Waals surface area contributed by atoms with Crippen LogP contribution in [0.1, 0.15) is 33.7 Å². The SMILES string of the molecule is O=C(CNC(=O)N1Cc2ccccc2C(c2ccccc2)C1)N1CCc2ccccc2C1. The van der Waals surface area contributed by atoms with Crippen LogP contribution < -0.4 is 5.32 Å². The van der Waals surface area contributed by atoms with Crippen LogP contribution in [0.25, 0.3) is 0 Å². The Morgan fingerprint density at radius 1 is 0.781 bits per heavy atom. The van der Waals surface area contributed by atoms with Crippen molar-refractivity contribution < 1.29 is 9.59 Å². The maximum atomic E-state index is 13.0. The first-order chi connectivity index (χ1) is 15.7. The predicted molar refractivity (Wildman–Crippen MR) is 124 cm³/mol. The fourth-order valence-electron chi connectivity index (χ4n) is 4.82. The van der Waals surface area contributed by atoms with E-state index in [4.69, 9.17) is 0 Å². The lowest BCUT2D eigenvalue weighted by atomic mass is 9.85. The van der Waals surface area contributed by atoms with Gasteiger partial charge in [0.05, 0.1) is 6.54 Å². The van der Waals surface area contributed by atoms with Crippen LogP contribution in [0.2, 0.25) is 0 Å². The largest absolute Gasteiger partial charge is 0.336 e. The maximum Gasteiger partial charge on any atom is 0.318 e.